The van der Waals surface area contributed by atoms with Gasteiger partial charge in [-0.15, -0.1) is 0 Å². The number of aliphatic hydroxyl groups is 1. The van der Waals surface area contributed by atoms with Crippen molar-refractivity contribution in [3.05, 3.63) is 58.3 Å². The molecule has 4 atom stereocenters. The molecule has 11 heteroatoms. The number of carbonyl (C=O) groups is 1. The highest BCUT2D eigenvalue weighted by molar-refractivity contribution is 6.76. The van der Waals surface area contributed by atoms with Gasteiger partial charge in [-0.25, -0.2) is 9.67 Å². The van der Waals surface area contributed by atoms with Crippen LogP contribution in [0.2, 0.25) is 25.7 Å². The molecule has 1 saturated heterocycles. The smallest absolute Gasteiger partial charge is 0.255 e. The van der Waals surface area contributed by atoms with Gasteiger partial charge in [0.25, 0.3) is 5.91 Å². The molecule has 0 aromatic carbocycles. The summed E-state index contributed by atoms with van der Waals surface area (Å²) >= 11 is 0. The quantitative estimate of drug-likeness (QED) is 0.265. The summed E-state index contributed by atoms with van der Waals surface area (Å²) in [5.74, 6) is 2.59. The number of rotatable bonds is 11. The van der Waals surface area contributed by atoms with Gasteiger partial charge < -0.3 is 20.1 Å². The third-order valence-electron chi connectivity index (χ3n) is 9.20. The Morgan fingerprint density at radius 2 is 1.98 bits per heavy atom. The van der Waals surface area contributed by atoms with Crippen molar-refractivity contribution in [2.45, 2.75) is 71.7 Å². The molecule has 3 aromatic rings. The van der Waals surface area contributed by atoms with Crippen LogP contribution in [-0.2, 0) is 24.4 Å². The predicted molar refractivity (Wildman–Crippen MR) is 160 cm³/mol. The Labute approximate surface area is 243 Å². The molecule has 1 aliphatic heterocycles. The average molecular weight is 578 g/mol. The number of piperidine rings is 1. The molecular formula is C30H43N7O3Si. The summed E-state index contributed by atoms with van der Waals surface area (Å²) < 4.78 is 9.66. The summed E-state index contributed by atoms with van der Waals surface area (Å²) in [5.41, 5.74) is 5.91. The molecule has 2 aliphatic carbocycles. The Morgan fingerprint density at radius 1 is 1.20 bits per heavy atom. The summed E-state index contributed by atoms with van der Waals surface area (Å²) in [6, 6.07) is 5.21. The third-order valence-corrected chi connectivity index (χ3v) is 10.9. The van der Waals surface area contributed by atoms with Crippen LogP contribution in [0.5, 0.6) is 0 Å². The van der Waals surface area contributed by atoms with Crippen LogP contribution in [0.1, 0.15) is 51.0 Å². The second-order valence-electron chi connectivity index (χ2n) is 13.3. The van der Waals surface area contributed by atoms with Gasteiger partial charge in [-0.2, -0.15) is 10.2 Å². The van der Waals surface area contributed by atoms with Gasteiger partial charge in [0, 0.05) is 52.0 Å². The molecular weight excluding hydrogens is 534 g/mol. The van der Waals surface area contributed by atoms with Gasteiger partial charge in [-0.3, -0.25) is 9.48 Å². The standard InChI is InChI=1S/C30H43N7O3Si/c1-19-21(6-9-28(32-19)35-15-24-25(16-35)26(24)17-38)13-36-14-22(12-31-36)30(39)33-27-8-7-23-20(2)37(34-29(23)27)18-40-10-11-41(3,4)5/h6,9,12,14,24-27,38H,7-8,10-11,13,15-18H2,1-5H3,(H,33,39)/t24-,25+,26+,27-/m1/s1. The van der Waals surface area contributed by atoms with Gasteiger partial charge in [0.15, 0.2) is 0 Å². The SMILES string of the molecule is Cc1nc(N2C[C@@H]3[C@@H](CO)[C@@H]3C2)ccc1Cn1cc(C(=O)N[C@@H]2CCc3c2nn(COCC[Si](C)(C)C)c3C)cn1. The molecule has 0 spiro atoms. The van der Waals surface area contributed by atoms with E-state index in [4.69, 9.17) is 14.8 Å². The Kier molecular flexibility index (Phi) is 7.54. The Balaban J connectivity index is 1.04. The molecule has 3 aliphatic rings. The average Bonchev–Trinajstić information content (AvgIpc) is 3.44. The fourth-order valence-corrected chi connectivity index (χ4v) is 7.18. The zero-order valence-electron chi connectivity index (χ0n) is 24.9. The van der Waals surface area contributed by atoms with Crippen LogP contribution in [0.15, 0.2) is 24.5 Å². The number of nitrogens with one attached hydrogen (secondary N) is 1. The van der Waals surface area contributed by atoms with Crippen LogP contribution in [0.25, 0.3) is 0 Å². The van der Waals surface area contributed by atoms with E-state index in [0.717, 1.165) is 67.0 Å². The number of hydrogen-bond acceptors (Lipinski definition) is 7. The minimum Gasteiger partial charge on any atom is -0.396 e. The molecule has 10 nitrogen and oxygen atoms in total. The van der Waals surface area contributed by atoms with Crippen LogP contribution in [0.4, 0.5) is 5.82 Å². The lowest BCUT2D eigenvalue weighted by atomic mass is 10.2. The molecule has 41 heavy (non-hydrogen) atoms. The van der Waals surface area contributed by atoms with E-state index in [1.807, 2.05) is 11.6 Å². The Morgan fingerprint density at radius 3 is 2.68 bits per heavy atom. The minimum absolute atomic E-state index is 0.106. The number of carbonyl (C=O) groups excluding carboxylic acids is 1. The molecule has 220 valence electrons. The van der Waals surface area contributed by atoms with Crippen molar-refractivity contribution < 1.29 is 14.6 Å². The maximum absolute atomic E-state index is 13.2. The summed E-state index contributed by atoms with van der Waals surface area (Å²) in [7, 11) is -1.13. The zero-order chi connectivity index (χ0) is 28.9. The maximum atomic E-state index is 13.2. The number of anilines is 1. The molecule has 4 heterocycles. The van der Waals surface area contributed by atoms with Crippen LogP contribution >= 0.6 is 0 Å². The monoisotopic (exact) mass is 577 g/mol. The largest absolute Gasteiger partial charge is 0.396 e. The molecule has 0 bridgehead atoms. The lowest BCUT2D eigenvalue weighted by molar-refractivity contribution is 0.0764. The van der Waals surface area contributed by atoms with Crippen molar-refractivity contribution in [3.8, 4) is 0 Å². The summed E-state index contributed by atoms with van der Waals surface area (Å²) in [6.45, 7) is 15.2. The first-order valence-electron chi connectivity index (χ1n) is 14.9. The van der Waals surface area contributed by atoms with Crippen LogP contribution in [0, 0.1) is 31.6 Å². The number of hydrogen-bond donors (Lipinski definition) is 2. The first kappa shape index (κ1) is 28.1. The number of aryl methyl sites for hydroxylation is 1. The summed E-state index contributed by atoms with van der Waals surface area (Å²) in [6.07, 6.45) is 5.19. The van der Waals surface area contributed by atoms with Gasteiger partial charge in [0.2, 0.25) is 0 Å². The molecule has 2 fully saturated rings. The number of aliphatic hydroxyl groups excluding tert-OH is 1. The molecule has 0 unspecified atom stereocenters. The topological polar surface area (TPSA) is 110 Å². The van der Waals surface area contributed by atoms with Crippen LogP contribution in [0.3, 0.4) is 0 Å². The van der Waals surface area contributed by atoms with Gasteiger partial charge in [-0.1, -0.05) is 25.7 Å². The van der Waals surface area contributed by atoms with E-state index >= 15 is 0 Å². The maximum Gasteiger partial charge on any atom is 0.255 e. The fourth-order valence-electron chi connectivity index (χ4n) is 6.43. The highest BCUT2D eigenvalue weighted by Gasteiger charge is 2.55. The third kappa shape index (κ3) is 5.84. The van der Waals surface area contributed by atoms with E-state index in [-0.39, 0.29) is 11.9 Å². The number of amides is 1. The first-order chi connectivity index (χ1) is 19.6. The van der Waals surface area contributed by atoms with Crippen LogP contribution in [-0.4, -0.2) is 69.9 Å². The number of nitrogens with zero attached hydrogens (tertiary/aromatic N) is 6. The highest BCUT2D eigenvalue weighted by Crippen LogP contribution is 2.51. The molecule has 1 amide bonds. The van der Waals surface area contributed by atoms with Gasteiger partial charge >= 0.3 is 0 Å². The van der Waals surface area contributed by atoms with E-state index in [9.17, 15) is 9.90 Å². The number of fused-ring (bicyclic) bond motifs is 2. The summed E-state index contributed by atoms with van der Waals surface area (Å²) in [5, 5.41) is 21.9. The van der Waals surface area contributed by atoms with Crippen molar-refractivity contribution in [2.75, 3.05) is 31.2 Å². The lowest BCUT2D eigenvalue weighted by Gasteiger charge is -2.21. The van der Waals surface area contributed by atoms with Crippen molar-refractivity contribution >= 4 is 19.8 Å². The molecule has 2 N–H and O–H groups in total. The van der Waals surface area contributed by atoms with Crippen molar-refractivity contribution in [1.29, 1.82) is 0 Å². The van der Waals surface area contributed by atoms with Gasteiger partial charge in [-0.05, 0) is 67.7 Å². The van der Waals surface area contributed by atoms with Crippen molar-refractivity contribution in [3.63, 3.8) is 0 Å². The minimum atomic E-state index is -1.13. The van der Waals surface area contributed by atoms with E-state index < -0.39 is 8.07 Å². The highest BCUT2D eigenvalue weighted by atomic mass is 28.3. The second-order valence-corrected chi connectivity index (χ2v) is 18.9. The summed E-state index contributed by atoms with van der Waals surface area (Å²) in [4.78, 5) is 20.3. The number of ether oxygens (including phenoxy) is 1. The Hall–Kier alpha value is -3.02. The van der Waals surface area contributed by atoms with E-state index in [1.54, 1.807) is 17.1 Å². The van der Waals surface area contributed by atoms with Crippen molar-refractivity contribution in [2.24, 2.45) is 17.8 Å². The van der Waals surface area contributed by atoms with E-state index in [1.165, 1.54) is 5.56 Å². The zero-order valence-corrected chi connectivity index (χ0v) is 25.9. The normalized spacial score (nSPS) is 23.1. The van der Waals surface area contributed by atoms with E-state index in [2.05, 4.69) is 54.0 Å². The number of pyridine rings is 1. The van der Waals surface area contributed by atoms with Crippen molar-refractivity contribution in [1.82, 2.24) is 29.9 Å². The lowest BCUT2D eigenvalue weighted by Crippen LogP contribution is -2.27. The molecule has 6 rings (SSSR count). The van der Waals surface area contributed by atoms with Crippen LogP contribution < -0.4 is 10.2 Å². The first-order valence-corrected chi connectivity index (χ1v) is 18.6. The van der Waals surface area contributed by atoms with Gasteiger partial charge in [0.1, 0.15) is 12.5 Å². The fraction of sp³-hybridized carbons (Fsp3) is 0.600. The second kappa shape index (κ2) is 11.0. The van der Waals surface area contributed by atoms with Gasteiger partial charge in [0.05, 0.1) is 30.0 Å². The molecule has 0 radical (unpaired) electrons. The number of aromatic nitrogens is 5. The molecule has 3 aromatic heterocycles. The van der Waals surface area contributed by atoms with E-state index in [0.29, 0.717) is 43.2 Å². The molecule has 1 saturated carbocycles. The Bertz CT molecular complexity index is 1420. The predicted octanol–water partition coefficient (Wildman–Crippen LogP) is 3.54.